The Hall–Kier alpha value is -3.39. The molecule has 0 bridgehead atoms. The molecule has 3 N–H and O–H groups in total. The number of hydrogen-bond acceptors (Lipinski definition) is 10. The van der Waals surface area contributed by atoms with Crippen molar-refractivity contribution in [1.82, 2.24) is 19.9 Å². The Bertz CT molecular complexity index is 1660. The first kappa shape index (κ1) is 29.7. The van der Waals surface area contributed by atoms with Crippen LogP contribution in [0.25, 0.3) is 20.8 Å². The maximum atomic E-state index is 14.4. The lowest BCUT2D eigenvalue weighted by Crippen LogP contribution is -2.35. The molecule has 9 nitrogen and oxygen atoms in total. The summed E-state index contributed by atoms with van der Waals surface area (Å²) in [6.45, 7) is 8.79. The fourth-order valence-corrected chi connectivity index (χ4v) is 7.16. The van der Waals surface area contributed by atoms with Gasteiger partial charge >= 0.3 is 6.18 Å². The number of aromatic nitrogens is 4. The number of halogens is 3. The van der Waals surface area contributed by atoms with Gasteiger partial charge in [-0.1, -0.05) is 24.3 Å². The van der Waals surface area contributed by atoms with Crippen molar-refractivity contribution in [1.29, 1.82) is 0 Å². The minimum Gasteiger partial charge on any atom is -0.396 e. The standard InChI is InChI=1S/C30H33F3N6O3S/c1-14-8-6-7-9-18(14)25(30(31,32)33)38-28-35-15(2)21(27-37-22-16(3)34-11-10-20(22)43-27)26(39-28)36-19-12-17(13-40)23-24(19)42-29(4,5)41-23/h6-11,17,19,23-25,40H,12-13H2,1-5H3,(H2,35,36,38,39)/t17-,19-,23-,24+,25+/m1/s1. The van der Waals surface area contributed by atoms with E-state index in [4.69, 9.17) is 14.5 Å². The molecule has 1 saturated carbocycles. The van der Waals surface area contributed by atoms with Crippen LogP contribution in [-0.4, -0.2) is 61.9 Å². The average molecular weight is 615 g/mol. The Labute approximate surface area is 250 Å². The minimum absolute atomic E-state index is 0.0882. The van der Waals surface area contributed by atoms with Crippen molar-refractivity contribution < 1.29 is 27.8 Å². The summed E-state index contributed by atoms with van der Waals surface area (Å²) in [5.41, 5.74) is 3.12. The van der Waals surface area contributed by atoms with Crippen LogP contribution in [0.15, 0.2) is 36.5 Å². The van der Waals surface area contributed by atoms with Gasteiger partial charge in [-0.05, 0) is 58.2 Å². The fraction of sp³-hybridized carbons (Fsp3) is 0.467. The van der Waals surface area contributed by atoms with Crippen molar-refractivity contribution in [3.8, 4) is 10.6 Å². The van der Waals surface area contributed by atoms with Crippen LogP contribution in [0.4, 0.5) is 24.9 Å². The molecular weight excluding hydrogens is 581 g/mol. The van der Waals surface area contributed by atoms with Gasteiger partial charge < -0.3 is 25.2 Å². The lowest BCUT2D eigenvalue weighted by atomic mass is 10.0. The second-order valence-electron chi connectivity index (χ2n) is 11.6. The first-order chi connectivity index (χ1) is 20.3. The molecule has 4 heterocycles. The van der Waals surface area contributed by atoms with Crippen LogP contribution >= 0.6 is 11.3 Å². The quantitative estimate of drug-likeness (QED) is 0.227. The third-order valence-corrected chi connectivity index (χ3v) is 9.07. The molecule has 2 fully saturated rings. The van der Waals surface area contributed by atoms with Crippen molar-refractivity contribution in [2.75, 3.05) is 17.2 Å². The van der Waals surface area contributed by atoms with Gasteiger partial charge in [0.05, 0.1) is 33.8 Å². The van der Waals surface area contributed by atoms with Gasteiger partial charge in [-0.15, -0.1) is 11.3 Å². The number of rotatable bonds is 7. The zero-order valence-electron chi connectivity index (χ0n) is 24.4. The second-order valence-corrected chi connectivity index (χ2v) is 12.6. The van der Waals surface area contributed by atoms with Gasteiger partial charge in [-0.3, -0.25) is 4.98 Å². The number of nitrogens with one attached hydrogen (secondary N) is 2. The first-order valence-corrected chi connectivity index (χ1v) is 14.9. The molecule has 4 aromatic rings. The second kappa shape index (κ2) is 11.0. The van der Waals surface area contributed by atoms with Crippen LogP contribution in [-0.2, 0) is 9.47 Å². The Morgan fingerprint density at radius 1 is 1.05 bits per heavy atom. The van der Waals surface area contributed by atoms with E-state index in [9.17, 15) is 18.3 Å². The maximum Gasteiger partial charge on any atom is 0.412 e. The first-order valence-electron chi connectivity index (χ1n) is 14.1. The van der Waals surface area contributed by atoms with Crippen molar-refractivity contribution in [3.63, 3.8) is 0 Å². The summed E-state index contributed by atoms with van der Waals surface area (Å²) in [4.78, 5) is 18.3. The number of nitrogens with zero attached hydrogens (tertiary/aromatic N) is 4. The van der Waals surface area contributed by atoms with E-state index in [-0.39, 0.29) is 36.2 Å². The molecule has 5 atom stereocenters. The number of thiazole rings is 1. The number of fused-ring (bicyclic) bond motifs is 2. The molecule has 1 aromatic carbocycles. The van der Waals surface area contributed by atoms with Gasteiger partial charge in [0.2, 0.25) is 5.95 Å². The highest BCUT2D eigenvalue weighted by atomic mass is 32.1. The molecule has 13 heteroatoms. The summed E-state index contributed by atoms with van der Waals surface area (Å²) in [5.74, 6) is -0.878. The van der Waals surface area contributed by atoms with Crippen LogP contribution in [0, 0.1) is 26.7 Å². The summed E-state index contributed by atoms with van der Waals surface area (Å²) >= 11 is 1.43. The third kappa shape index (κ3) is 5.66. The van der Waals surface area contributed by atoms with Crippen LogP contribution in [0.5, 0.6) is 0 Å². The number of pyridine rings is 1. The van der Waals surface area contributed by atoms with Gasteiger partial charge in [0.25, 0.3) is 0 Å². The molecule has 43 heavy (non-hydrogen) atoms. The molecule has 228 valence electrons. The molecule has 1 saturated heterocycles. The summed E-state index contributed by atoms with van der Waals surface area (Å²) < 4.78 is 56.4. The van der Waals surface area contributed by atoms with Crippen LogP contribution in [0.1, 0.15) is 48.8 Å². The molecule has 0 unspecified atom stereocenters. The van der Waals surface area contributed by atoms with Crippen molar-refractivity contribution in [2.45, 2.75) is 77.3 Å². The number of aliphatic hydroxyl groups is 1. The van der Waals surface area contributed by atoms with Crippen molar-refractivity contribution in [3.05, 3.63) is 59.0 Å². The number of benzene rings is 1. The fourth-order valence-electron chi connectivity index (χ4n) is 6.05. The topological polar surface area (TPSA) is 114 Å². The Morgan fingerprint density at radius 2 is 1.79 bits per heavy atom. The zero-order chi connectivity index (χ0) is 30.7. The number of hydrogen-bond donors (Lipinski definition) is 3. The van der Waals surface area contributed by atoms with Crippen LogP contribution < -0.4 is 10.6 Å². The molecule has 1 aliphatic heterocycles. The molecule has 1 aliphatic carbocycles. The lowest BCUT2D eigenvalue weighted by Gasteiger charge is -2.26. The summed E-state index contributed by atoms with van der Waals surface area (Å²) in [6.07, 6.45) is -3.12. The van der Waals surface area contributed by atoms with Crippen molar-refractivity contribution in [2.24, 2.45) is 5.92 Å². The molecule has 0 spiro atoms. The lowest BCUT2D eigenvalue weighted by molar-refractivity contribution is -0.158. The van der Waals surface area contributed by atoms with Gasteiger partial charge in [-0.25, -0.2) is 9.97 Å². The summed E-state index contributed by atoms with van der Waals surface area (Å²) in [7, 11) is 0. The predicted octanol–water partition coefficient (Wildman–Crippen LogP) is 6.10. The SMILES string of the molecule is Cc1ccccc1[C@H](Nc1nc(C)c(-c2nc3c(C)nccc3s2)c(N[C@@H]2C[C@H](CO)[C@H]3OC(C)(C)O[C@H]32)n1)C(F)(F)F. The summed E-state index contributed by atoms with van der Waals surface area (Å²) in [5, 5.41) is 16.7. The normalized spacial score (nSPS) is 23.8. The summed E-state index contributed by atoms with van der Waals surface area (Å²) in [6, 6.07) is 5.88. The number of aryl methyl sites for hydroxylation is 3. The Morgan fingerprint density at radius 3 is 2.49 bits per heavy atom. The largest absolute Gasteiger partial charge is 0.412 e. The number of anilines is 2. The highest BCUT2D eigenvalue weighted by Crippen LogP contribution is 2.44. The molecule has 0 amide bonds. The van der Waals surface area contributed by atoms with E-state index in [2.05, 4.69) is 25.6 Å². The highest BCUT2D eigenvalue weighted by Gasteiger charge is 2.54. The number of alkyl halides is 3. The zero-order valence-corrected chi connectivity index (χ0v) is 25.2. The van der Waals surface area contributed by atoms with Crippen molar-refractivity contribution >= 4 is 33.3 Å². The molecule has 3 aromatic heterocycles. The van der Waals surface area contributed by atoms with E-state index in [1.807, 2.05) is 26.8 Å². The third-order valence-electron chi connectivity index (χ3n) is 8.03. The predicted molar refractivity (Wildman–Crippen MR) is 158 cm³/mol. The van der Waals surface area contributed by atoms with E-state index >= 15 is 0 Å². The van der Waals surface area contributed by atoms with E-state index in [0.29, 0.717) is 34.1 Å². The van der Waals surface area contributed by atoms with E-state index in [1.165, 1.54) is 17.4 Å². The molecule has 2 aliphatic rings. The Kier molecular flexibility index (Phi) is 7.56. The number of aliphatic hydroxyl groups excluding tert-OH is 1. The average Bonchev–Trinajstić information content (AvgIpc) is 3.59. The van der Waals surface area contributed by atoms with Crippen LogP contribution in [0.2, 0.25) is 0 Å². The monoisotopic (exact) mass is 614 g/mol. The van der Waals surface area contributed by atoms with Crippen LogP contribution in [0.3, 0.4) is 0 Å². The van der Waals surface area contributed by atoms with E-state index in [0.717, 1.165) is 15.9 Å². The molecular formula is C30H33F3N6O3S. The van der Waals surface area contributed by atoms with Gasteiger partial charge in [0.15, 0.2) is 11.8 Å². The number of ether oxygens (including phenoxy) is 2. The smallest absolute Gasteiger partial charge is 0.396 e. The minimum atomic E-state index is -4.61. The highest BCUT2D eigenvalue weighted by molar-refractivity contribution is 7.21. The van der Waals surface area contributed by atoms with Gasteiger partial charge in [0.1, 0.15) is 22.4 Å². The van der Waals surface area contributed by atoms with E-state index in [1.54, 1.807) is 38.2 Å². The van der Waals surface area contributed by atoms with Gasteiger partial charge in [-0.2, -0.15) is 18.2 Å². The Balaban J connectivity index is 1.44. The molecule has 6 rings (SSSR count). The van der Waals surface area contributed by atoms with E-state index < -0.39 is 24.1 Å². The van der Waals surface area contributed by atoms with Gasteiger partial charge in [0, 0.05) is 18.7 Å². The molecule has 0 radical (unpaired) electrons. The maximum absolute atomic E-state index is 14.4.